The number of nitrogens with zero attached hydrogens (tertiary/aromatic N) is 2. The smallest absolute Gasteiger partial charge is 0.264 e. The van der Waals surface area contributed by atoms with Crippen molar-refractivity contribution in [2.45, 2.75) is 18.7 Å². The van der Waals surface area contributed by atoms with Gasteiger partial charge in [-0.1, -0.05) is 6.07 Å². The second-order valence-electron chi connectivity index (χ2n) is 4.20. The van der Waals surface area contributed by atoms with E-state index in [2.05, 4.69) is 14.7 Å². The quantitative estimate of drug-likeness (QED) is 0.848. The Labute approximate surface area is 121 Å². The van der Waals surface area contributed by atoms with Gasteiger partial charge in [-0.15, -0.1) is 0 Å². The maximum atomic E-state index is 12.1. The number of anilines is 1. The third kappa shape index (κ3) is 2.83. The number of aromatic nitrogens is 2. The van der Waals surface area contributed by atoms with E-state index in [1.807, 2.05) is 0 Å². The van der Waals surface area contributed by atoms with E-state index in [9.17, 15) is 13.5 Å². The fourth-order valence-electron chi connectivity index (χ4n) is 1.59. The zero-order valence-corrected chi connectivity index (χ0v) is 12.3. The van der Waals surface area contributed by atoms with Gasteiger partial charge in [0.25, 0.3) is 10.0 Å². The fraction of sp³-hybridized carbons (Fsp3) is 0.167. The number of phenolic OH excluding ortho intramolecular Hbond substituents is 1. The van der Waals surface area contributed by atoms with Crippen LogP contribution in [-0.4, -0.2) is 23.5 Å². The predicted octanol–water partition coefficient (Wildman–Crippen LogP) is 2.25. The molecule has 0 saturated carbocycles. The molecule has 0 atom stereocenters. The molecule has 1 aromatic carbocycles. The monoisotopic (exact) mass is 313 g/mol. The molecule has 0 fully saturated rings. The minimum absolute atomic E-state index is 0.0342. The Morgan fingerprint density at radius 1 is 1.20 bits per heavy atom. The molecular formula is C12H12ClN3O3S. The number of nitrogens with one attached hydrogen (secondary N) is 1. The van der Waals surface area contributed by atoms with E-state index in [1.165, 1.54) is 0 Å². The zero-order valence-electron chi connectivity index (χ0n) is 10.8. The largest absolute Gasteiger partial charge is 0.507 e. The first-order valence-electron chi connectivity index (χ1n) is 5.61. The highest BCUT2D eigenvalue weighted by atomic mass is 35.5. The molecule has 2 aromatic rings. The van der Waals surface area contributed by atoms with Crippen molar-refractivity contribution in [3.63, 3.8) is 0 Å². The standard InChI is InChI=1S/C12H12ClN3O3S/c1-7-3-4-10(8(2)11(7)17)16-20(18,19)9-5-14-12(13)15-6-9/h3-6,16-17H,1-2H3. The highest BCUT2D eigenvalue weighted by molar-refractivity contribution is 7.92. The van der Waals surface area contributed by atoms with Crippen LogP contribution in [0.2, 0.25) is 5.28 Å². The molecule has 2 rings (SSSR count). The van der Waals surface area contributed by atoms with Crippen molar-refractivity contribution < 1.29 is 13.5 Å². The number of aromatic hydroxyl groups is 1. The van der Waals surface area contributed by atoms with Crippen molar-refractivity contribution in [3.8, 4) is 5.75 Å². The van der Waals surface area contributed by atoms with E-state index in [0.29, 0.717) is 16.8 Å². The number of phenols is 1. The molecule has 2 N–H and O–H groups in total. The Morgan fingerprint density at radius 2 is 1.80 bits per heavy atom. The molecule has 0 aliphatic rings. The summed E-state index contributed by atoms with van der Waals surface area (Å²) in [6, 6.07) is 3.21. The van der Waals surface area contributed by atoms with Crippen LogP contribution in [0, 0.1) is 13.8 Å². The molecule has 8 heteroatoms. The van der Waals surface area contributed by atoms with E-state index in [-0.39, 0.29) is 15.9 Å². The van der Waals surface area contributed by atoms with Crippen LogP contribution in [0.25, 0.3) is 0 Å². The van der Waals surface area contributed by atoms with Gasteiger partial charge in [-0.25, -0.2) is 18.4 Å². The SMILES string of the molecule is Cc1ccc(NS(=O)(=O)c2cnc(Cl)nc2)c(C)c1O. The molecule has 1 heterocycles. The van der Waals surface area contributed by atoms with Crippen LogP contribution < -0.4 is 4.72 Å². The summed E-state index contributed by atoms with van der Waals surface area (Å²) in [4.78, 5) is 7.14. The summed E-state index contributed by atoms with van der Waals surface area (Å²) in [5, 5.41) is 9.78. The Morgan fingerprint density at radius 3 is 2.40 bits per heavy atom. The summed E-state index contributed by atoms with van der Waals surface area (Å²) < 4.78 is 26.7. The van der Waals surface area contributed by atoms with Crippen LogP contribution >= 0.6 is 11.6 Å². The van der Waals surface area contributed by atoms with Gasteiger partial charge in [-0.05, 0) is 37.1 Å². The molecule has 0 unspecified atom stereocenters. The van der Waals surface area contributed by atoms with E-state index in [1.54, 1.807) is 26.0 Å². The molecule has 20 heavy (non-hydrogen) atoms. The predicted molar refractivity (Wildman–Crippen MR) is 75.4 cm³/mol. The maximum Gasteiger partial charge on any atom is 0.264 e. The van der Waals surface area contributed by atoms with Gasteiger partial charge in [-0.3, -0.25) is 4.72 Å². The molecule has 106 valence electrons. The first-order valence-corrected chi connectivity index (χ1v) is 7.47. The minimum atomic E-state index is -3.83. The van der Waals surface area contributed by atoms with Crippen LogP contribution in [0.1, 0.15) is 11.1 Å². The third-order valence-electron chi connectivity index (χ3n) is 2.78. The number of sulfonamides is 1. The van der Waals surface area contributed by atoms with Crippen LogP contribution in [0.15, 0.2) is 29.4 Å². The Bertz CT molecular complexity index is 745. The summed E-state index contributed by atoms with van der Waals surface area (Å²) in [5.74, 6) is 0.0533. The molecule has 0 bridgehead atoms. The minimum Gasteiger partial charge on any atom is -0.507 e. The highest BCUT2D eigenvalue weighted by Crippen LogP contribution is 2.29. The van der Waals surface area contributed by atoms with E-state index >= 15 is 0 Å². The molecule has 6 nitrogen and oxygen atoms in total. The number of hydrogen-bond acceptors (Lipinski definition) is 5. The van der Waals surface area contributed by atoms with Crippen molar-refractivity contribution in [2.24, 2.45) is 0 Å². The highest BCUT2D eigenvalue weighted by Gasteiger charge is 2.17. The summed E-state index contributed by atoms with van der Waals surface area (Å²) in [5.41, 5.74) is 1.41. The lowest BCUT2D eigenvalue weighted by Gasteiger charge is -2.12. The molecule has 1 aromatic heterocycles. The van der Waals surface area contributed by atoms with Gasteiger partial charge in [0.2, 0.25) is 5.28 Å². The Balaban J connectivity index is 2.38. The van der Waals surface area contributed by atoms with Crippen molar-refractivity contribution in [1.29, 1.82) is 0 Å². The van der Waals surface area contributed by atoms with E-state index in [0.717, 1.165) is 12.4 Å². The first-order chi connectivity index (χ1) is 9.31. The summed E-state index contributed by atoms with van der Waals surface area (Å²) in [6.07, 6.45) is 2.22. The Hall–Kier alpha value is -1.86. The number of rotatable bonds is 3. The number of benzene rings is 1. The normalized spacial score (nSPS) is 11.3. The number of aryl methyl sites for hydroxylation is 1. The van der Waals surface area contributed by atoms with Crippen LogP contribution in [0.4, 0.5) is 5.69 Å². The molecule has 0 aliphatic carbocycles. The number of halogens is 1. The van der Waals surface area contributed by atoms with Crippen molar-refractivity contribution in [2.75, 3.05) is 4.72 Å². The van der Waals surface area contributed by atoms with Gasteiger partial charge in [0.15, 0.2) is 0 Å². The molecule has 0 saturated heterocycles. The number of hydrogen-bond donors (Lipinski definition) is 2. The van der Waals surface area contributed by atoms with Crippen LogP contribution in [0.5, 0.6) is 5.75 Å². The van der Waals surface area contributed by atoms with Crippen LogP contribution in [0.3, 0.4) is 0 Å². The lowest BCUT2D eigenvalue weighted by atomic mass is 10.1. The van der Waals surface area contributed by atoms with Crippen molar-refractivity contribution >= 4 is 27.3 Å². The fourth-order valence-corrected chi connectivity index (χ4v) is 2.70. The van der Waals surface area contributed by atoms with Crippen molar-refractivity contribution in [3.05, 3.63) is 40.9 Å². The van der Waals surface area contributed by atoms with Gasteiger partial charge >= 0.3 is 0 Å². The first kappa shape index (κ1) is 14.5. The lowest BCUT2D eigenvalue weighted by Crippen LogP contribution is -2.14. The van der Waals surface area contributed by atoms with Gasteiger partial charge in [0, 0.05) is 5.56 Å². The van der Waals surface area contributed by atoms with Gasteiger partial charge in [0.05, 0.1) is 18.1 Å². The topological polar surface area (TPSA) is 92.2 Å². The molecule has 0 spiro atoms. The summed E-state index contributed by atoms with van der Waals surface area (Å²) in [7, 11) is -3.83. The Kier molecular flexibility index (Phi) is 3.82. The van der Waals surface area contributed by atoms with Crippen LogP contribution in [-0.2, 0) is 10.0 Å². The third-order valence-corrected chi connectivity index (χ3v) is 4.30. The lowest BCUT2D eigenvalue weighted by molar-refractivity contribution is 0.467. The van der Waals surface area contributed by atoms with Gasteiger partial charge < -0.3 is 5.11 Å². The second kappa shape index (κ2) is 5.26. The summed E-state index contributed by atoms with van der Waals surface area (Å²) >= 11 is 5.51. The van der Waals surface area contributed by atoms with E-state index in [4.69, 9.17) is 11.6 Å². The maximum absolute atomic E-state index is 12.1. The van der Waals surface area contributed by atoms with Crippen molar-refractivity contribution in [1.82, 2.24) is 9.97 Å². The second-order valence-corrected chi connectivity index (χ2v) is 6.22. The zero-order chi connectivity index (χ0) is 14.9. The molecule has 0 radical (unpaired) electrons. The molecule has 0 aliphatic heterocycles. The average molecular weight is 314 g/mol. The van der Waals surface area contributed by atoms with Gasteiger partial charge in [-0.2, -0.15) is 0 Å². The molecule has 0 amide bonds. The molecular weight excluding hydrogens is 302 g/mol. The summed E-state index contributed by atoms with van der Waals surface area (Å²) in [6.45, 7) is 3.35. The average Bonchev–Trinajstić information content (AvgIpc) is 2.40. The van der Waals surface area contributed by atoms with Gasteiger partial charge in [0.1, 0.15) is 10.6 Å². The van der Waals surface area contributed by atoms with E-state index < -0.39 is 10.0 Å².